The van der Waals surface area contributed by atoms with Crippen LogP contribution in [0.3, 0.4) is 0 Å². The fraction of sp³-hybridized carbons (Fsp3) is 0.350. The van der Waals surface area contributed by atoms with E-state index in [2.05, 4.69) is 48.0 Å². The summed E-state index contributed by atoms with van der Waals surface area (Å²) in [6, 6.07) is 7.91. The Bertz CT molecular complexity index is 896. The van der Waals surface area contributed by atoms with Crippen LogP contribution in [0.2, 0.25) is 0 Å². The molecule has 1 saturated heterocycles. The maximum Gasteiger partial charge on any atom is 0.298 e. The summed E-state index contributed by atoms with van der Waals surface area (Å²) in [4.78, 5) is 27.9. The Hall–Kier alpha value is -3.07. The van der Waals surface area contributed by atoms with E-state index in [-0.39, 0.29) is 11.8 Å². The summed E-state index contributed by atoms with van der Waals surface area (Å²) >= 11 is 0. The van der Waals surface area contributed by atoms with Crippen molar-refractivity contribution in [3.8, 4) is 23.1 Å². The predicted molar refractivity (Wildman–Crippen MR) is 99.4 cm³/mol. The molecule has 6 nitrogen and oxygen atoms in total. The Morgan fingerprint density at radius 2 is 1.73 bits per heavy atom. The summed E-state index contributed by atoms with van der Waals surface area (Å²) < 4.78 is 0. The van der Waals surface area contributed by atoms with E-state index in [4.69, 9.17) is 0 Å². The van der Waals surface area contributed by atoms with Gasteiger partial charge >= 0.3 is 0 Å². The molecule has 0 unspecified atom stereocenters. The van der Waals surface area contributed by atoms with Gasteiger partial charge in [-0.05, 0) is 50.0 Å². The van der Waals surface area contributed by atoms with Crippen LogP contribution < -0.4 is 0 Å². The minimum Gasteiger partial charge on any atom is -0.334 e. The van der Waals surface area contributed by atoms with Gasteiger partial charge in [0.25, 0.3) is 11.8 Å². The van der Waals surface area contributed by atoms with Crippen molar-refractivity contribution in [3.05, 3.63) is 41.1 Å². The van der Waals surface area contributed by atoms with E-state index in [0.717, 1.165) is 11.3 Å². The van der Waals surface area contributed by atoms with Crippen LogP contribution in [0, 0.1) is 25.7 Å². The molecule has 1 fully saturated rings. The molecular weight excluding hydrogens is 328 g/mol. The Balaban J connectivity index is 1.68. The molecule has 3 rings (SSSR count). The van der Waals surface area contributed by atoms with Gasteiger partial charge in [0.15, 0.2) is 0 Å². The number of amides is 2. The third-order valence-corrected chi connectivity index (χ3v) is 4.70. The van der Waals surface area contributed by atoms with E-state index < -0.39 is 0 Å². The minimum atomic E-state index is -0.182. The van der Waals surface area contributed by atoms with E-state index in [0.29, 0.717) is 31.9 Å². The number of nitrogens with one attached hydrogen (secondary N) is 1. The Labute approximate surface area is 153 Å². The van der Waals surface area contributed by atoms with Crippen molar-refractivity contribution in [2.75, 3.05) is 26.2 Å². The van der Waals surface area contributed by atoms with E-state index in [1.165, 1.54) is 11.1 Å². The Morgan fingerprint density at radius 3 is 2.38 bits per heavy atom. The van der Waals surface area contributed by atoms with Crippen molar-refractivity contribution in [3.63, 3.8) is 0 Å². The summed E-state index contributed by atoms with van der Waals surface area (Å²) in [5.74, 6) is 4.88. The molecular formula is C20H22N4O2. The maximum atomic E-state index is 12.7. The van der Waals surface area contributed by atoms with Crippen LogP contribution in [0.1, 0.15) is 28.5 Å². The smallest absolute Gasteiger partial charge is 0.298 e. The molecule has 1 aromatic heterocycles. The van der Waals surface area contributed by atoms with Gasteiger partial charge in [0, 0.05) is 31.7 Å². The highest BCUT2D eigenvalue weighted by Crippen LogP contribution is 2.21. The highest BCUT2D eigenvalue weighted by molar-refractivity contribution is 5.95. The van der Waals surface area contributed by atoms with Crippen molar-refractivity contribution in [1.82, 2.24) is 20.0 Å². The van der Waals surface area contributed by atoms with Gasteiger partial charge in [0.1, 0.15) is 5.69 Å². The highest BCUT2D eigenvalue weighted by Gasteiger charge is 2.25. The molecule has 134 valence electrons. The first-order chi connectivity index (χ1) is 12.5. The van der Waals surface area contributed by atoms with Crippen LogP contribution in [0.25, 0.3) is 11.3 Å². The normalized spacial score (nSPS) is 14.0. The monoisotopic (exact) mass is 350 g/mol. The summed E-state index contributed by atoms with van der Waals surface area (Å²) in [5, 5.41) is 7.13. The molecule has 6 heteroatoms. The summed E-state index contributed by atoms with van der Waals surface area (Å²) in [7, 11) is 0. The number of aryl methyl sites for hydroxylation is 2. The van der Waals surface area contributed by atoms with Crippen LogP contribution in [-0.4, -0.2) is 58.0 Å². The van der Waals surface area contributed by atoms with Crippen LogP contribution in [0.4, 0.5) is 0 Å². The SMILES string of the molecule is CC#CC(=O)N1CCN(C(=O)c2cc(-c3ccc(C)c(C)c3)n[nH]2)CC1. The zero-order valence-electron chi connectivity index (χ0n) is 15.3. The average molecular weight is 350 g/mol. The number of rotatable bonds is 2. The van der Waals surface area contributed by atoms with Crippen molar-refractivity contribution in [2.24, 2.45) is 0 Å². The first-order valence-electron chi connectivity index (χ1n) is 8.63. The van der Waals surface area contributed by atoms with Crippen molar-refractivity contribution >= 4 is 11.8 Å². The number of hydrogen-bond donors (Lipinski definition) is 1. The number of hydrogen-bond acceptors (Lipinski definition) is 3. The van der Waals surface area contributed by atoms with E-state index >= 15 is 0 Å². The number of nitrogens with zero attached hydrogens (tertiary/aromatic N) is 3. The average Bonchev–Trinajstić information content (AvgIpc) is 3.14. The first kappa shape index (κ1) is 17.7. The number of H-pyrrole nitrogens is 1. The standard InChI is InChI=1S/C20H22N4O2/c1-4-5-19(25)23-8-10-24(11-9-23)20(26)18-13-17(21-22-18)16-7-6-14(2)15(3)12-16/h6-7,12-13H,8-11H2,1-3H3,(H,21,22). The molecule has 2 heterocycles. The van der Waals surface area contributed by atoms with Gasteiger partial charge in [0.2, 0.25) is 0 Å². The second kappa shape index (κ2) is 7.44. The lowest BCUT2D eigenvalue weighted by Crippen LogP contribution is -2.50. The molecule has 0 radical (unpaired) electrons. The van der Waals surface area contributed by atoms with E-state index in [9.17, 15) is 9.59 Å². The maximum absolute atomic E-state index is 12.7. The topological polar surface area (TPSA) is 69.3 Å². The largest absolute Gasteiger partial charge is 0.334 e. The van der Waals surface area contributed by atoms with Crippen LogP contribution >= 0.6 is 0 Å². The number of carbonyl (C=O) groups is 2. The van der Waals surface area contributed by atoms with Crippen molar-refractivity contribution < 1.29 is 9.59 Å². The lowest BCUT2D eigenvalue weighted by molar-refractivity contribution is -0.126. The van der Waals surface area contributed by atoms with Crippen LogP contribution in [0.15, 0.2) is 24.3 Å². The highest BCUT2D eigenvalue weighted by atomic mass is 16.2. The molecule has 2 amide bonds. The Kier molecular flexibility index (Phi) is 5.08. The molecule has 0 atom stereocenters. The number of aromatic nitrogens is 2. The van der Waals surface area contributed by atoms with E-state index in [1.807, 2.05) is 6.07 Å². The predicted octanol–water partition coefficient (Wildman–Crippen LogP) is 2.00. The zero-order valence-corrected chi connectivity index (χ0v) is 15.3. The molecule has 1 aromatic carbocycles. The van der Waals surface area contributed by atoms with Crippen molar-refractivity contribution in [2.45, 2.75) is 20.8 Å². The van der Waals surface area contributed by atoms with Crippen molar-refractivity contribution in [1.29, 1.82) is 0 Å². The van der Waals surface area contributed by atoms with E-state index in [1.54, 1.807) is 22.8 Å². The summed E-state index contributed by atoms with van der Waals surface area (Å²) in [5.41, 5.74) is 4.61. The molecule has 0 spiro atoms. The number of carbonyl (C=O) groups excluding carboxylic acids is 2. The number of aromatic amines is 1. The van der Waals surface area contributed by atoms with Gasteiger partial charge in [-0.2, -0.15) is 5.10 Å². The summed E-state index contributed by atoms with van der Waals surface area (Å²) in [6.07, 6.45) is 0. The molecule has 0 aliphatic carbocycles. The molecule has 0 saturated carbocycles. The lowest BCUT2D eigenvalue weighted by Gasteiger charge is -2.33. The molecule has 0 bridgehead atoms. The van der Waals surface area contributed by atoms with Gasteiger partial charge in [0.05, 0.1) is 5.69 Å². The quantitative estimate of drug-likeness (QED) is 0.843. The number of piperazine rings is 1. The molecule has 2 aromatic rings. The van der Waals surface area contributed by atoms with Gasteiger partial charge < -0.3 is 9.80 Å². The van der Waals surface area contributed by atoms with Crippen LogP contribution in [0.5, 0.6) is 0 Å². The molecule has 26 heavy (non-hydrogen) atoms. The molecule has 1 N–H and O–H groups in total. The third kappa shape index (κ3) is 3.62. The minimum absolute atomic E-state index is 0.0961. The fourth-order valence-electron chi connectivity index (χ4n) is 2.95. The van der Waals surface area contributed by atoms with Gasteiger partial charge in [-0.15, -0.1) is 0 Å². The van der Waals surface area contributed by atoms with Crippen LogP contribution in [-0.2, 0) is 4.79 Å². The number of benzene rings is 1. The zero-order chi connectivity index (χ0) is 18.7. The Morgan fingerprint density at radius 1 is 1.04 bits per heavy atom. The molecule has 1 aliphatic heterocycles. The lowest BCUT2D eigenvalue weighted by atomic mass is 10.0. The molecule has 1 aliphatic rings. The summed E-state index contributed by atoms with van der Waals surface area (Å²) in [6.45, 7) is 7.75. The van der Waals surface area contributed by atoms with Gasteiger partial charge in [-0.3, -0.25) is 14.7 Å². The first-order valence-corrected chi connectivity index (χ1v) is 8.63. The van der Waals surface area contributed by atoms with Gasteiger partial charge in [-0.1, -0.05) is 18.1 Å². The fourth-order valence-corrected chi connectivity index (χ4v) is 2.95. The van der Waals surface area contributed by atoms with Gasteiger partial charge in [-0.25, -0.2) is 0 Å². The second-order valence-electron chi connectivity index (χ2n) is 6.43. The third-order valence-electron chi connectivity index (χ3n) is 4.70. The second-order valence-corrected chi connectivity index (χ2v) is 6.43.